The molecule has 0 radical (unpaired) electrons. The van der Waals surface area contributed by atoms with Crippen molar-refractivity contribution in [1.82, 2.24) is 20.0 Å². The molecule has 2 N–H and O–H groups in total. The predicted molar refractivity (Wildman–Crippen MR) is 92.7 cm³/mol. The maximum atomic E-state index is 12.7. The van der Waals surface area contributed by atoms with Crippen molar-refractivity contribution < 1.29 is 9.90 Å². The monoisotopic (exact) mass is 334 g/mol. The first kappa shape index (κ1) is 17.3. The number of amides is 2. The molecule has 1 aliphatic heterocycles. The summed E-state index contributed by atoms with van der Waals surface area (Å²) in [5, 5.41) is 17.3. The maximum absolute atomic E-state index is 12.7. The summed E-state index contributed by atoms with van der Waals surface area (Å²) in [7, 11) is 0. The molecule has 2 aliphatic rings. The van der Waals surface area contributed by atoms with E-state index in [1.54, 1.807) is 6.20 Å². The summed E-state index contributed by atoms with van der Waals surface area (Å²) in [5.74, 6) is 0. The minimum atomic E-state index is 0.0131. The number of aliphatic hydroxyl groups is 1. The SMILES string of the molecule is CCC1(CO)CCN(C(=O)NC2CCCCC2n2cccn2)CC1. The van der Waals surface area contributed by atoms with Gasteiger partial charge < -0.3 is 15.3 Å². The van der Waals surface area contributed by atoms with Crippen LogP contribution in [0.25, 0.3) is 0 Å². The van der Waals surface area contributed by atoms with Gasteiger partial charge in [0.15, 0.2) is 0 Å². The number of hydrogen-bond donors (Lipinski definition) is 2. The number of likely N-dealkylation sites (tertiary alicyclic amines) is 1. The van der Waals surface area contributed by atoms with Crippen molar-refractivity contribution in [1.29, 1.82) is 0 Å². The number of piperidine rings is 1. The van der Waals surface area contributed by atoms with Crippen LogP contribution in [-0.2, 0) is 0 Å². The van der Waals surface area contributed by atoms with Gasteiger partial charge in [-0.3, -0.25) is 4.68 Å². The Morgan fingerprint density at radius 2 is 2.08 bits per heavy atom. The molecule has 2 atom stereocenters. The molecule has 2 fully saturated rings. The standard InChI is InChI=1S/C18H30N4O2/c1-2-18(14-23)8-12-21(13-9-18)17(24)20-15-6-3-4-7-16(15)22-11-5-10-19-22/h5,10-11,15-16,23H,2-4,6-9,12-14H2,1H3,(H,20,24). The highest BCUT2D eigenvalue weighted by Gasteiger charge is 2.35. The van der Waals surface area contributed by atoms with Crippen molar-refractivity contribution in [3.63, 3.8) is 0 Å². The molecule has 0 aromatic carbocycles. The van der Waals surface area contributed by atoms with Crippen molar-refractivity contribution >= 4 is 6.03 Å². The van der Waals surface area contributed by atoms with Gasteiger partial charge in [0.2, 0.25) is 0 Å². The molecule has 1 aromatic heterocycles. The van der Waals surface area contributed by atoms with Gasteiger partial charge >= 0.3 is 6.03 Å². The zero-order valence-electron chi connectivity index (χ0n) is 14.7. The molecule has 2 heterocycles. The molecule has 6 heteroatoms. The summed E-state index contributed by atoms with van der Waals surface area (Å²) in [6.07, 6.45) is 11.0. The molecular weight excluding hydrogens is 304 g/mol. The summed E-state index contributed by atoms with van der Waals surface area (Å²) in [6, 6.07) is 2.40. The van der Waals surface area contributed by atoms with Crippen LogP contribution in [0.2, 0.25) is 0 Å². The third-order valence-electron chi connectivity index (χ3n) is 6.10. The van der Waals surface area contributed by atoms with Crippen LogP contribution in [0.1, 0.15) is 57.9 Å². The fraction of sp³-hybridized carbons (Fsp3) is 0.778. The number of hydrogen-bond acceptors (Lipinski definition) is 3. The van der Waals surface area contributed by atoms with E-state index >= 15 is 0 Å². The second kappa shape index (κ2) is 7.55. The topological polar surface area (TPSA) is 70.4 Å². The summed E-state index contributed by atoms with van der Waals surface area (Å²) in [5.41, 5.74) is 0.0131. The van der Waals surface area contributed by atoms with Crippen molar-refractivity contribution in [2.75, 3.05) is 19.7 Å². The normalized spacial score (nSPS) is 27.0. The van der Waals surface area contributed by atoms with E-state index < -0.39 is 0 Å². The number of carbonyl (C=O) groups excluding carboxylic acids is 1. The quantitative estimate of drug-likeness (QED) is 0.889. The molecule has 2 unspecified atom stereocenters. The molecule has 2 amide bonds. The smallest absolute Gasteiger partial charge is 0.317 e. The molecule has 1 saturated heterocycles. The van der Waals surface area contributed by atoms with E-state index in [0.29, 0.717) is 0 Å². The van der Waals surface area contributed by atoms with Gasteiger partial charge in [-0.05, 0) is 43.6 Å². The van der Waals surface area contributed by atoms with Crippen molar-refractivity contribution in [3.05, 3.63) is 18.5 Å². The van der Waals surface area contributed by atoms with E-state index in [0.717, 1.165) is 51.6 Å². The van der Waals surface area contributed by atoms with Crippen molar-refractivity contribution in [3.8, 4) is 0 Å². The predicted octanol–water partition coefficient (Wildman–Crippen LogP) is 2.56. The van der Waals surface area contributed by atoms with E-state index in [9.17, 15) is 9.90 Å². The minimum Gasteiger partial charge on any atom is -0.396 e. The third kappa shape index (κ3) is 3.58. The van der Waals surface area contributed by atoms with Gasteiger partial charge in [-0.15, -0.1) is 0 Å². The molecule has 1 aromatic rings. The number of carbonyl (C=O) groups is 1. The zero-order chi connectivity index (χ0) is 17.0. The van der Waals surface area contributed by atoms with E-state index in [4.69, 9.17) is 0 Å². The van der Waals surface area contributed by atoms with Crippen LogP contribution in [0.3, 0.4) is 0 Å². The fourth-order valence-corrected chi connectivity index (χ4v) is 4.13. The van der Waals surface area contributed by atoms with Crippen LogP contribution in [-0.4, -0.2) is 51.6 Å². The van der Waals surface area contributed by atoms with E-state index in [-0.39, 0.29) is 30.1 Å². The molecule has 24 heavy (non-hydrogen) atoms. The largest absolute Gasteiger partial charge is 0.396 e. The van der Waals surface area contributed by atoms with E-state index in [2.05, 4.69) is 17.3 Å². The molecule has 134 valence electrons. The van der Waals surface area contributed by atoms with E-state index in [1.807, 2.05) is 21.8 Å². The molecule has 1 aliphatic carbocycles. The van der Waals surface area contributed by atoms with Gasteiger partial charge in [0.25, 0.3) is 0 Å². The van der Waals surface area contributed by atoms with Crippen LogP contribution in [0.15, 0.2) is 18.5 Å². The Balaban J connectivity index is 1.58. The lowest BCUT2D eigenvalue weighted by molar-refractivity contribution is 0.0507. The number of nitrogens with zero attached hydrogens (tertiary/aromatic N) is 3. The Labute approximate surface area is 144 Å². The van der Waals surface area contributed by atoms with Crippen molar-refractivity contribution in [2.45, 2.75) is 64.0 Å². The van der Waals surface area contributed by atoms with Gasteiger partial charge in [-0.1, -0.05) is 19.8 Å². The minimum absolute atomic E-state index is 0.0131. The Kier molecular flexibility index (Phi) is 5.43. The molecular formula is C18H30N4O2. The Morgan fingerprint density at radius 3 is 2.71 bits per heavy atom. The van der Waals surface area contributed by atoms with Crippen molar-refractivity contribution in [2.24, 2.45) is 5.41 Å². The average molecular weight is 334 g/mol. The van der Waals surface area contributed by atoms with Crippen LogP contribution in [0, 0.1) is 5.41 Å². The van der Waals surface area contributed by atoms with Gasteiger partial charge in [0, 0.05) is 32.1 Å². The highest BCUT2D eigenvalue weighted by atomic mass is 16.3. The Morgan fingerprint density at radius 1 is 1.33 bits per heavy atom. The summed E-state index contributed by atoms with van der Waals surface area (Å²) < 4.78 is 1.99. The number of aromatic nitrogens is 2. The number of rotatable bonds is 4. The molecule has 0 bridgehead atoms. The first-order valence-electron chi connectivity index (χ1n) is 9.33. The van der Waals surface area contributed by atoms with Gasteiger partial charge in [-0.2, -0.15) is 5.10 Å². The molecule has 3 rings (SSSR count). The second-order valence-corrected chi connectivity index (χ2v) is 7.39. The number of nitrogens with one attached hydrogen (secondary N) is 1. The first-order chi connectivity index (χ1) is 11.7. The lowest BCUT2D eigenvalue weighted by Crippen LogP contribution is -2.52. The summed E-state index contributed by atoms with van der Waals surface area (Å²) in [4.78, 5) is 14.6. The molecule has 1 saturated carbocycles. The van der Waals surface area contributed by atoms with Crippen LogP contribution in [0.5, 0.6) is 0 Å². The molecule has 0 spiro atoms. The van der Waals surface area contributed by atoms with Crippen LogP contribution < -0.4 is 5.32 Å². The Bertz CT molecular complexity index is 517. The zero-order valence-corrected chi connectivity index (χ0v) is 14.7. The fourth-order valence-electron chi connectivity index (χ4n) is 4.13. The lowest BCUT2D eigenvalue weighted by Gasteiger charge is -2.41. The summed E-state index contributed by atoms with van der Waals surface area (Å²) in [6.45, 7) is 3.82. The van der Waals surface area contributed by atoms with E-state index in [1.165, 1.54) is 6.42 Å². The van der Waals surface area contributed by atoms with Crippen LogP contribution >= 0.6 is 0 Å². The highest BCUT2D eigenvalue weighted by Crippen LogP contribution is 2.34. The molecule has 6 nitrogen and oxygen atoms in total. The maximum Gasteiger partial charge on any atom is 0.317 e. The number of urea groups is 1. The number of aliphatic hydroxyl groups excluding tert-OH is 1. The van der Waals surface area contributed by atoms with Gasteiger partial charge in [-0.25, -0.2) is 4.79 Å². The lowest BCUT2D eigenvalue weighted by atomic mass is 9.77. The summed E-state index contributed by atoms with van der Waals surface area (Å²) >= 11 is 0. The van der Waals surface area contributed by atoms with Gasteiger partial charge in [0.1, 0.15) is 0 Å². The average Bonchev–Trinajstić information content (AvgIpc) is 3.16. The third-order valence-corrected chi connectivity index (χ3v) is 6.10. The Hall–Kier alpha value is -1.56. The van der Waals surface area contributed by atoms with Crippen LogP contribution in [0.4, 0.5) is 4.79 Å². The second-order valence-electron chi connectivity index (χ2n) is 7.39. The first-order valence-corrected chi connectivity index (χ1v) is 9.33. The van der Waals surface area contributed by atoms with Gasteiger partial charge in [0.05, 0.1) is 12.1 Å². The highest BCUT2D eigenvalue weighted by molar-refractivity contribution is 5.74.